The largest absolute Gasteiger partial charge is 0.478 e. The van der Waals surface area contributed by atoms with Gasteiger partial charge in [-0.05, 0) is 48.9 Å². The molecule has 0 saturated heterocycles. The molecule has 114 valence electrons. The van der Waals surface area contributed by atoms with Crippen LogP contribution >= 0.6 is 0 Å². The van der Waals surface area contributed by atoms with Crippen LogP contribution in [0.15, 0.2) is 70.1 Å². The van der Waals surface area contributed by atoms with Crippen molar-refractivity contribution in [1.29, 1.82) is 0 Å². The van der Waals surface area contributed by atoms with Crippen LogP contribution in [0.5, 0.6) is 0 Å². The van der Waals surface area contributed by atoms with Gasteiger partial charge in [-0.25, -0.2) is 4.79 Å². The quantitative estimate of drug-likeness (QED) is 0.710. The van der Waals surface area contributed by atoms with Gasteiger partial charge in [0.05, 0.1) is 17.5 Å². The summed E-state index contributed by atoms with van der Waals surface area (Å²) in [6, 6.07) is 18.3. The van der Waals surface area contributed by atoms with Gasteiger partial charge in [0, 0.05) is 5.56 Å². The number of rotatable bonds is 4. The lowest BCUT2D eigenvalue weighted by molar-refractivity contribution is 0.0697. The number of nitrogens with zero attached hydrogens (tertiary/aromatic N) is 1. The third-order valence-corrected chi connectivity index (χ3v) is 3.46. The van der Waals surface area contributed by atoms with Gasteiger partial charge in [-0.1, -0.05) is 24.3 Å². The molecule has 0 amide bonds. The van der Waals surface area contributed by atoms with Gasteiger partial charge in [0.1, 0.15) is 11.5 Å². The maximum absolute atomic E-state index is 11.0. The zero-order valence-corrected chi connectivity index (χ0v) is 12.6. The maximum atomic E-state index is 11.0. The summed E-state index contributed by atoms with van der Waals surface area (Å²) in [7, 11) is 0. The second kappa shape index (κ2) is 6.32. The van der Waals surface area contributed by atoms with Gasteiger partial charge in [0.25, 0.3) is 0 Å². The van der Waals surface area contributed by atoms with Crippen molar-refractivity contribution >= 4 is 17.9 Å². The Labute approximate surface area is 133 Å². The molecular formula is C19H15NO3. The highest BCUT2D eigenvalue weighted by Crippen LogP contribution is 2.26. The molecule has 1 heterocycles. The van der Waals surface area contributed by atoms with Crippen LogP contribution in [0.1, 0.15) is 21.7 Å². The van der Waals surface area contributed by atoms with E-state index in [0.29, 0.717) is 11.5 Å². The molecule has 0 fully saturated rings. The van der Waals surface area contributed by atoms with Crippen LogP contribution in [-0.4, -0.2) is 17.3 Å². The molecule has 0 atom stereocenters. The normalized spacial score (nSPS) is 11.0. The zero-order chi connectivity index (χ0) is 16.2. The summed E-state index contributed by atoms with van der Waals surface area (Å²) in [5.74, 6) is 0.397. The molecule has 2 aromatic carbocycles. The van der Waals surface area contributed by atoms with Crippen molar-refractivity contribution in [3.63, 3.8) is 0 Å². The lowest BCUT2D eigenvalue weighted by Gasteiger charge is -2.03. The number of hydrogen-bond donors (Lipinski definition) is 1. The number of carboxylic acid groups (broad SMARTS) is 1. The van der Waals surface area contributed by atoms with Gasteiger partial charge in [0.2, 0.25) is 0 Å². The van der Waals surface area contributed by atoms with E-state index in [1.54, 1.807) is 24.4 Å². The molecule has 0 bridgehead atoms. The molecule has 0 spiro atoms. The lowest BCUT2D eigenvalue weighted by atomic mass is 10.0. The number of benzene rings is 2. The first-order chi connectivity index (χ1) is 11.1. The van der Waals surface area contributed by atoms with E-state index in [1.807, 2.05) is 49.4 Å². The highest BCUT2D eigenvalue weighted by Gasteiger charge is 2.10. The minimum absolute atomic E-state index is 0.267. The number of carboxylic acids is 1. The van der Waals surface area contributed by atoms with E-state index in [2.05, 4.69) is 4.99 Å². The van der Waals surface area contributed by atoms with E-state index < -0.39 is 5.97 Å². The van der Waals surface area contributed by atoms with Crippen LogP contribution in [0, 0.1) is 6.92 Å². The van der Waals surface area contributed by atoms with Gasteiger partial charge in [0.15, 0.2) is 0 Å². The van der Waals surface area contributed by atoms with Gasteiger partial charge >= 0.3 is 5.97 Å². The molecule has 23 heavy (non-hydrogen) atoms. The molecule has 3 aromatic rings. The van der Waals surface area contributed by atoms with Crippen LogP contribution in [0.4, 0.5) is 5.69 Å². The molecule has 0 aliphatic heterocycles. The van der Waals surface area contributed by atoms with Crippen LogP contribution in [0.25, 0.3) is 11.3 Å². The van der Waals surface area contributed by atoms with Crippen LogP contribution in [0.2, 0.25) is 0 Å². The average Bonchev–Trinajstić information content (AvgIpc) is 3.02. The molecule has 0 aliphatic carbocycles. The Hall–Kier alpha value is -3.14. The minimum Gasteiger partial charge on any atom is -0.478 e. The predicted molar refractivity (Wildman–Crippen MR) is 89.5 cm³/mol. The number of aryl methyl sites for hydroxylation is 1. The number of furan rings is 1. The summed E-state index contributed by atoms with van der Waals surface area (Å²) < 4.78 is 5.78. The molecule has 3 rings (SSSR count). The molecule has 1 aromatic heterocycles. The first kappa shape index (κ1) is 14.8. The molecule has 1 N–H and O–H groups in total. The fourth-order valence-electron chi connectivity index (χ4n) is 2.29. The van der Waals surface area contributed by atoms with Gasteiger partial charge in [-0.15, -0.1) is 0 Å². The first-order valence-electron chi connectivity index (χ1n) is 7.17. The van der Waals surface area contributed by atoms with Crippen LogP contribution < -0.4 is 0 Å². The van der Waals surface area contributed by atoms with E-state index in [0.717, 1.165) is 16.8 Å². The third kappa shape index (κ3) is 3.37. The summed E-state index contributed by atoms with van der Waals surface area (Å²) in [5.41, 5.74) is 2.84. The lowest BCUT2D eigenvalue weighted by Crippen LogP contribution is -1.96. The number of aromatic carboxylic acids is 1. The second-order valence-corrected chi connectivity index (χ2v) is 5.13. The number of hydrogen-bond acceptors (Lipinski definition) is 3. The number of para-hydroxylation sites is 1. The van der Waals surface area contributed by atoms with Gasteiger partial charge < -0.3 is 9.52 Å². The molecular weight excluding hydrogens is 290 g/mol. The van der Waals surface area contributed by atoms with Crippen molar-refractivity contribution in [3.05, 3.63) is 77.6 Å². The van der Waals surface area contributed by atoms with Crippen molar-refractivity contribution in [3.8, 4) is 11.3 Å². The summed E-state index contributed by atoms with van der Waals surface area (Å²) in [4.78, 5) is 15.3. The Kier molecular flexibility index (Phi) is 4.06. The molecule has 0 unspecified atom stereocenters. The summed E-state index contributed by atoms with van der Waals surface area (Å²) in [6.07, 6.45) is 1.67. The Bertz CT molecular complexity index is 863. The zero-order valence-electron chi connectivity index (χ0n) is 12.6. The smallest absolute Gasteiger partial charge is 0.335 e. The van der Waals surface area contributed by atoms with E-state index in [-0.39, 0.29) is 5.56 Å². The van der Waals surface area contributed by atoms with Crippen molar-refractivity contribution in [1.82, 2.24) is 0 Å². The molecule has 0 radical (unpaired) electrons. The van der Waals surface area contributed by atoms with E-state index in [4.69, 9.17) is 9.52 Å². The third-order valence-electron chi connectivity index (χ3n) is 3.46. The summed E-state index contributed by atoms with van der Waals surface area (Å²) >= 11 is 0. The first-order valence-corrected chi connectivity index (χ1v) is 7.17. The Morgan fingerprint density at radius 3 is 2.57 bits per heavy atom. The average molecular weight is 305 g/mol. The Morgan fingerprint density at radius 1 is 1.09 bits per heavy atom. The van der Waals surface area contributed by atoms with Crippen LogP contribution in [0.3, 0.4) is 0 Å². The fraction of sp³-hybridized carbons (Fsp3) is 0.0526. The Morgan fingerprint density at radius 2 is 1.87 bits per heavy atom. The molecule has 4 heteroatoms. The molecule has 0 saturated carbocycles. The fourth-order valence-corrected chi connectivity index (χ4v) is 2.29. The van der Waals surface area contributed by atoms with Gasteiger partial charge in [-0.2, -0.15) is 0 Å². The van der Waals surface area contributed by atoms with Crippen LogP contribution in [-0.2, 0) is 0 Å². The highest BCUT2D eigenvalue weighted by molar-refractivity contribution is 5.89. The molecule has 4 nitrogen and oxygen atoms in total. The number of aliphatic imine (C=N–C) groups is 1. The topological polar surface area (TPSA) is 62.8 Å². The van der Waals surface area contributed by atoms with E-state index >= 15 is 0 Å². The van der Waals surface area contributed by atoms with Crippen molar-refractivity contribution < 1.29 is 14.3 Å². The Balaban J connectivity index is 1.85. The van der Waals surface area contributed by atoms with Crippen molar-refractivity contribution in [2.24, 2.45) is 4.99 Å². The summed E-state index contributed by atoms with van der Waals surface area (Å²) in [6.45, 7) is 1.86. The highest BCUT2D eigenvalue weighted by atomic mass is 16.4. The van der Waals surface area contributed by atoms with E-state index in [1.165, 1.54) is 0 Å². The molecule has 0 aliphatic rings. The summed E-state index contributed by atoms with van der Waals surface area (Å²) in [5, 5.41) is 9.01. The minimum atomic E-state index is -0.935. The maximum Gasteiger partial charge on any atom is 0.335 e. The van der Waals surface area contributed by atoms with Crippen molar-refractivity contribution in [2.75, 3.05) is 0 Å². The SMILES string of the molecule is Cc1cc(C(=O)O)ccc1-c1ccc(C=Nc2ccccc2)o1. The predicted octanol–water partition coefficient (Wildman–Crippen LogP) is 4.70. The van der Waals surface area contributed by atoms with E-state index in [9.17, 15) is 4.79 Å². The number of carbonyl (C=O) groups is 1. The monoisotopic (exact) mass is 305 g/mol. The van der Waals surface area contributed by atoms with Gasteiger partial charge in [-0.3, -0.25) is 4.99 Å². The van der Waals surface area contributed by atoms with Crippen molar-refractivity contribution in [2.45, 2.75) is 6.92 Å². The standard InChI is InChI=1S/C19H15NO3/c1-13-11-14(19(21)22)7-9-17(13)18-10-8-16(23-18)12-20-15-5-3-2-4-6-15/h2-12H,1H3,(H,21,22). The second-order valence-electron chi connectivity index (χ2n) is 5.13.